The maximum atomic E-state index is 10.8. The van der Waals surface area contributed by atoms with Crippen LogP contribution in [0.25, 0.3) is 0 Å². The van der Waals surface area contributed by atoms with Crippen LogP contribution in [0.5, 0.6) is 0 Å². The van der Waals surface area contributed by atoms with Crippen LogP contribution in [-0.2, 0) is 19.0 Å². The van der Waals surface area contributed by atoms with Crippen molar-refractivity contribution in [1.29, 1.82) is 0 Å². The lowest BCUT2D eigenvalue weighted by Crippen LogP contribution is -2.59. The van der Waals surface area contributed by atoms with Crippen molar-refractivity contribution in [2.75, 3.05) is 26.4 Å². The molecule has 1 heterocycles. The van der Waals surface area contributed by atoms with Crippen molar-refractivity contribution in [2.45, 2.75) is 44.1 Å². The predicted molar refractivity (Wildman–Crippen MR) is 73.5 cm³/mol. The van der Waals surface area contributed by atoms with Crippen LogP contribution < -0.4 is 5.73 Å². The first kappa shape index (κ1) is 19.2. The van der Waals surface area contributed by atoms with Gasteiger partial charge in [-0.15, -0.1) is 0 Å². The zero-order valence-electron chi connectivity index (χ0n) is 12.5. The molecule has 1 rings (SSSR count). The Morgan fingerprint density at radius 3 is 2.45 bits per heavy atom. The zero-order valence-corrected chi connectivity index (χ0v) is 12.5. The molecule has 0 saturated carbocycles. The van der Waals surface area contributed by atoms with E-state index in [4.69, 9.17) is 25.1 Å². The van der Waals surface area contributed by atoms with Gasteiger partial charge < -0.3 is 40.4 Å². The van der Waals surface area contributed by atoms with Gasteiger partial charge in [0.05, 0.1) is 19.8 Å². The Morgan fingerprint density at radius 1 is 1.18 bits per heavy atom. The van der Waals surface area contributed by atoms with Gasteiger partial charge in [-0.2, -0.15) is 0 Å². The molecule has 1 saturated heterocycles. The summed E-state index contributed by atoms with van der Waals surface area (Å²) in [5.41, 5.74) is 5.11. The van der Waals surface area contributed by atoms with Crippen LogP contribution in [-0.4, -0.2) is 83.5 Å². The second-order valence-electron chi connectivity index (χ2n) is 5.27. The molecule has 1 fully saturated rings. The molecule has 130 valence electrons. The molecule has 0 spiro atoms. The highest BCUT2D eigenvalue weighted by Gasteiger charge is 2.43. The molecular formula is C13H25NO8. The highest BCUT2D eigenvalue weighted by Crippen LogP contribution is 2.21. The van der Waals surface area contributed by atoms with Crippen molar-refractivity contribution < 1.29 is 39.4 Å². The van der Waals surface area contributed by atoms with Crippen molar-refractivity contribution in [1.82, 2.24) is 0 Å². The maximum absolute atomic E-state index is 10.8. The largest absolute Gasteiger partial charge is 0.394 e. The van der Waals surface area contributed by atoms with Crippen molar-refractivity contribution in [2.24, 2.45) is 11.7 Å². The number of rotatable bonds is 9. The number of carbonyl (C=O) groups excluding carboxylic acids is 1. The van der Waals surface area contributed by atoms with Crippen LogP contribution in [0.3, 0.4) is 0 Å². The Kier molecular flexibility index (Phi) is 8.18. The molecule has 6 N–H and O–H groups in total. The van der Waals surface area contributed by atoms with E-state index in [9.17, 15) is 20.1 Å². The summed E-state index contributed by atoms with van der Waals surface area (Å²) in [7, 11) is 0. The summed E-state index contributed by atoms with van der Waals surface area (Å²) in [4.78, 5) is 10.8. The predicted octanol–water partition coefficient (Wildman–Crippen LogP) is -2.67. The molecule has 0 aliphatic carbocycles. The Morgan fingerprint density at radius 2 is 1.86 bits per heavy atom. The zero-order chi connectivity index (χ0) is 16.7. The molecule has 1 aliphatic heterocycles. The minimum atomic E-state index is -1.46. The molecule has 9 heteroatoms. The molecular weight excluding hydrogens is 298 g/mol. The van der Waals surface area contributed by atoms with E-state index in [1.54, 1.807) is 6.92 Å². The van der Waals surface area contributed by atoms with Gasteiger partial charge in [0, 0.05) is 12.5 Å². The number of aliphatic hydroxyl groups excluding tert-OH is 4. The molecule has 1 unspecified atom stereocenters. The molecule has 22 heavy (non-hydrogen) atoms. The average molecular weight is 323 g/mol. The monoisotopic (exact) mass is 323 g/mol. The normalized spacial score (nSPS) is 33.6. The summed E-state index contributed by atoms with van der Waals surface area (Å²) in [6.07, 6.45) is -5.97. The Bertz CT molecular complexity index is 340. The van der Waals surface area contributed by atoms with E-state index >= 15 is 0 Å². The van der Waals surface area contributed by atoms with Gasteiger partial charge in [-0.05, 0) is 6.42 Å². The van der Waals surface area contributed by atoms with Gasteiger partial charge in [0.2, 0.25) is 5.91 Å². The minimum Gasteiger partial charge on any atom is -0.394 e. The van der Waals surface area contributed by atoms with Crippen LogP contribution >= 0.6 is 0 Å². The van der Waals surface area contributed by atoms with Crippen LogP contribution in [0.4, 0.5) is 0 Å². The lowest BCUT2D eigenvalue weighted by atomic mass is 9.99. The summed E-state index contributed by atoms with van der Waals surface area (Å²) in [5, 5.41) is 37.9. The van der Waals surface area contributed by atoms with Gasteiger partial charge in [-0.3, -0.25) is 4.79 Å². The van der Waals surface area contributed by atoms with E-state index in [0.29, 0.717) is 13.0 Å². The highest BCUT2D eigenvalue weighted by molar-refractivity contribution is 5.76. The van der Waals surface area contributed by atoms with Crippen LogP contribution in [0, 0.1) is 5.92 Å². The topological polar surface area (TPSA) is 152 Å². The van der Waals surface area contributed by atoms with E-state index in [1.165, 1.54) is 0 Å². The number of carbonyl (C=O) groups is 1. The summed E-state index contributed by atoms with van der Waals surface area (Å²) in [6, 6.07) is 0. The van der Waals surface area contributed by atoms with Crippen LogP contribution in [0.15, 0.2) is 0 Å². The van der Waals surface area contributed by atoms with E-state index in [2.05, 4.69) is 0 Å². The van der Waals surface area contributed by atoms with Crippen molar-refractivity contribution in [3.63, 3.8) is 0 Å². The fourth-order valence-corrected chi connectivity index (χ4v) is 1.93. The van der Waals surface area contributed by atoms with Crippen molar-refractivity contribution >= 4 is 5.91 Å². The summed E-state index contributed by atoms with van der Waals surface area (Å²) < 4.78 is 15.6. The molecule has 0 bridgehead atoms. The number of nitrogens with two attached hydrogens (primary N) is 1. The summed E-state index contributed by atoms with van der Waals surface area (Å²) >= 11 is 0. The fraction of sp³-hybridized carbons (Fsp3) is 0.923. The smallest absolute Gasteiger partial charge is 0.220 e. The quantitative estimate of drug-likeness (QED) is 0.288. The minimum absolute atomic E-state index is 0.0770. The van der Waals surface area contributed by atoms with E-state index in [0.717, 1.165) is 0 Å². The lowest BCUT2D eigenvalue weighted by molar-refractivity contribution is -0.302. The first-order valence-corrected chi connectivity index (χ1v) is 7.17. The summed E-state index contributed by atoms with van der Waals surface area (Å²) in [5.74, 6) is -0.660. The number of ether oxygens (including phenoxy) is 3. The maximum Gasteiger partial charge on any atom is 0.220 e. The molecule has 0 radical (unpaired) electrons. The SMILES string of the molecule is CC(CCOCCO[C@@H]1O[C@H](CO)[C@@H](O)[C@H](O)[C@H]1O)C(N)=O. The Balaban J connectivity index is 2.22. The van der Waals surface area contributed by atoms with Gasteiger partial charge in [0.1, 0.15) is 24.4 Å². The molecule has 0 aromatic heterocycles. The standard InChI is InChI=1S/C13H25NO8/c1-7(12(14)19)2-3-20-4-5-21-13-11(18)10(17)9(16)8(6-15)22-13/h7-11,13,15-18H,2-6H2,1H3,(H2,14,19)/t7?,8-,9-,10+,11-,13-/m1/s1. The molecule has 0 aromatic rings. The third kappa shape index (κ3) is 5.43. The van der Waals surface area contributed by atoms with Crippen molar-refractivity contribution in [3.8, 4) is 0 Å². The number of primary amides is 1. The molecule has 1 amide bonds. The number of amides is 1. The Labute approximate surface area is 128 Å². The van der Waals surface area contributed by atoms with E-state index in [1.807, 2.05) is 0 Å². The fourth-order valence-electron chi connectivity index (χ4n) is 1.93. The lowest BCUT2D eigenvalue weighted by Gasteiger charge is -2.39. The first-order valence-electron chi connectivity index (χ1n) is 7.17. The first-order chi connectivity index (χ1) is 10.4. The van der Waals surface area contributed by atoms with Crippen molar-refractivity contribution in [3.05, 3.63) is 0 Å². The van der Waals surface area contributed by atoms with Gasteiger partial charge in [-0.25, -0.2) is 0 Å². The summed E-state index contributed by atoms with van der Waals surface area (Å²) in [6.45, 7) is 1.80. The van der Waals surface area contributed by atoms with Gasteiger partial charge >= 0.3 is 0 Å². The highest BCUT2D eigenvalue weighted by atomic mass is 16.7. The average Bonchev–Trinajstić information content (AvgIpc) is 2.49. The number of hydrogen-bond donors (Lipinski definition) is 5. The molecule has 1 aliphatic rings. The van der Waals surface area contributed by atoms with Crippen LogP contribution in [0.1, 0.15) is 13.3 Å². The van der Waals surface area contributed by atoms with Gasteiger partial charge in [0.25, 0.3) is 0 Å². The molecule has 9 nitrogen and oxygen atoms in total. The van der Waals surface area contributed by atoms with E-state index < -0.39 is 37.3 Å². The molecule has 0 aromatic carbocycles. The number of aliphatic hydroxyl groups is 4. The second-order valence-corrected chi connectivity index (χ2v) is 5.27. The third-order valence-electron chi connectivity index (χ3n) is 3.54. The third-order valence-corrected chi connectivity index (χ3v) is 3.54. The Hall–Kier alpha value is -0.810. The van der Waals surface area contributed by atoms with E-state index in [-0.39, 0.29) is 25.0 Å². The molecule has 6 atom stereocenters. The number of hydrogen-bond acceptors (Lipinski definition) is 8. The van der Waals surface area contributed by atoms with Gasteiger partial charge in [0.15, 0.2) is 6.29 Å². The second kappa shape index (κ2) is 9.36. The van der Waals surface area contributed by atoms with Crippen LogP contribution in [0.2, 0.25) is 0 Å². The van der Waals surface area contributed by atoms with Gasteiger partial charge in [-0.1, -0.05) is 6.92 Å².